The van der Waals surface area contributed by atoms with Gasteiger partial charge in [-0.3, -0.25) is 4.79 Å². The molecule has 0 saturated carbocycles. The van der Waals surface area contributed by atoms with Crippen LogP contribution >= 0.6 is 54.5 Å². The highest BCUT2D eigenvalue weighted by Gasteiger charge is 2.05. The summed E-state index contributed by atoms with van der Waals surface area (Å²) in [6.45, 7) is 0. The van der Waals surface area contributed by atoms with Crippen molar-refractivity contribution in [2.45, 2.75) is 0 Å². The first-order valence-electron chi connectivity index (χ1n) is 5.10. The first-order chi connectivity index (χ1) is 9.06. The number of carbonyl (C=O) groups is 1. The Bertz CT molecular complexity index is 621. The van der Waals surface area contributed by atoms with Gasteiger partial charge in [0.25, 0.3) is 5.91 Å². The Morgan fingerprint density at radius 3 is 2.79 bits per heavy atom. The Labute approximate surface area is 140 Å². The Balaban J connectivity index is 2.00. The maximum absolute atomic E-state index is 11.8. The van der Waals surface area contributed by atoms with Gasteiger partial charge in [-0.15, -0.1) is 0 Å². The van der Waals surface area contributed by atoms with Crippen LogP contribution in [0.25, 0.3) is 0 Å². The molecule has 1 aromatic heterocycles. The fourth-order valence-corrected chi connectivity index (χ4v) is 2.43. The zero-order valence-corrected chi connectivity index (χ0v) is 14.7. The molecule has 1 amide bonds. The molecular formula is C12H7Br2IN2O2. The molecule has 0 unspecified atom stereocenters. The number of rotatable bonds is 3. The smallest absolute Gasteiger partial charge is 0.271 e. The first-order valence-corrected chi connectivity index (χ1v) is 7.76. The minimum Gasteiger partial charge on any atom is -0.447 e. The molecule has 0 fully saturated rings. The van der Waals surface area contributed by atoms with Crippen LogP contribution in [0.5, 0.6) is 0 Å². The molecule has 0 radical (unpaired) electrons. The maximum Gasteiger partial charge on any atom is 0.271 e. The zero-order valence-electron chi connectivity index (χ0n) is 9.36. The Morgan fingerprint density at radius 1 is 1.37 bits per heavy atom. The molecule has 4 nitrogen and oxygen atoms in total. The molecule has 1 N–H and O–H groups in total. The quantitative estimate of drug-likeness (QED) is 0.393. The van der Waals surface area contributed by atoms with Crippen LogP contribution in [0.2, 0.25) is 0 Å². The average molecular weight is 498 g/mol. The lowest BCUT2D eigenvalue weighted by atomic mass is 10.2. The molecular weight excluding hydrogens is 491 g/mol. The van der Waals surface area contributed by atoms with E-state index in [-0.39, 0.29) is 5.91 Å². The van der Waals surface area contributed by atoms with Gasteiger partial charge in [-0.2, -0.15) is 5.10 Å². The van der Waals surface area contributed by atoms with Gasteiger partial charge >= 0.3 is 0 Å². The van der Waals surface area contributed by atoms with Gasteiger partial charge in [-0.05, 0) is 72.6 Å². The van der Waals surface area contributed by atoms with Gasteiger partial charge in [-0.1, -0.05) is 6.07 Å². The number of hydrogen-bond donors (Lipinski definition) is 1. The van der Waals surface area contributed by atoms with Crippen LogP contribution in [0.15, 0.2) is 49.0 Å². The summed E-state index contributed by atoms with van der Waals surface area (Å²) in [5.74, 6) is 0.265. The van der Waals surface area contributed by atoms with Gasteiger partial charge < -0.3 is 4.42 Å². The second kappa shape index (κ2) is 6.67. The fourth-order valence-electron chi connectivity index (χ4n) is 1.28. The Kier molecular flexibility index (Phi) is 5.17. The number of nitrogens with zero attached hydrogens (tertiary/aromatic N) is 1. The van der Waals surface area contributed by atoms with Crippen LogP contribution in [0, 0.1) is 3.57 Å². The monoisotopic (exact) mass is 496 g/mol. The van der Waals surface area contributed by atoms with Gasteiger partial charge in [0.05, 0.1) is 10.7 Å². The van der Waals surface area contributed by atoms with Crippen molar-refractivity contribution in [2.24, 2.45) is 5.10 Å². The first kappa shape index (κ1) is 14.7. The highest BCUT2D eigenvalue weighted by molar-refractivity contribution is 14.1. The minimum atomic E-state index is -0.264. The molecule has 7 heteroatoms. The third kappa shape index (κ3) is 4.15. The molecule has 1 heterocycles. The van der Waals surface area contributed by atoms with E-state index in [2.05, 4.69) is 65.0 Å². The van der Waals surface area contributed by atoms with E-state index in [1.54, 1.807) is 18.2 Å². The predicted octanol–water partition coefficient (Wildman–Crippen LogP) is 4.17. The Morgan fingerprint density at radius 2 is 2.16 bits per heavy atom. The van der Waals surface area contributed by atoms with Crippen molar-refractivity contribution in [1.82, 2.24) is 5.43 Å². The van der Waals surface area contributed by atoms with Gasteiger partial charge in [-0.25, -0.2) is 5.43 Å². The van der Waals surface area contributed by atoms with Crippen LogP contribution in [-0.2, 0) is 0 Å². The summed E-state index contributed by atoms with van der Waals surface area (Å²) in [5.41, 5.74) is 3.00. The van der Waals surface area contributed by atoms with E-state index >= 15 is 0 Å². The van der Waals surface area contributed by atoms with Crippen LogP contribution in [0.1, 0.15) is 16.1 Å². The molecule has 0 aliphatic rings. The SMILES string of the molecule is O=C(N/N=C\c1cc(Br)c(Br)o1)c1cccc(I)c1. The second-order valence-electron chi connectivity index (χ2n) is 3.48. The van der Waals surface area contributed by atoms with Crippen LogP contribution in [0.4, 0.5) is 0 Å². The number of halogens is 3. The van der Waals surface area contributed by atoms with Gasteiger partial charge in [0.15, 0.2) is 4.67 Å². The lowest BCUT2D eigenvalue weighted by Gasteiger charge is -1.99. The van der Waals surface area contributed by atoms with Crippen molar-refractivity contribution in [3.05, 3.63) is 54.4 Å². The molecule has 0 atom stereocenters. The maximum atomic E-state index is 11.8. The summed E-state index contributed by atoms with van der Waals surface area (Å²) in [6, 6.07) is 8.99. The average Bonchev–Trinajstić information content (AvgIpc) is 2.68. The van der Waals surface area contributed by atoms with Crippen LogP contribution in [-0.4, -0.2) is 12.1 Å². The summed E-state index contributed by atoms with van der Waals surface area (Å²) in [7, 11) is 0. The number of furan rings is 1. The summed E-state index contributed by atoms with van der Waals surface area (Å²) in [6.07, 6.45) is 1.43. The number of amides is 1. The molecule has 0 saturated heterocycles. The zero-order chi connectivity index (χ0) is 13.8. The summed E-state index contributed by atoms with van der Waals surface area (Å²) in [5, 5.41) is 3.84. The minimum absolute atomic E-state index is 0.264. The summed E-state index contributed by atoms with van der Waals surface area (Å²) in [4.78, 5) is 11.8. The third-order valence-electron chi connectivity index (χ3n) is 2.11. The Hall–Kier alpha value is -0.670. The van der Waals surface area contributed by atoms with E-state index in [4.69, 9.17) is 4.42 Å². The number of carbonyl (C=O) groups excluding carboxylic acids is 1. The van der Waals surface area contributed by atoms with Gasteiger partial charge in [0.2, 0.25) is 0 Å². The molecule has 0 aliphatic carbocycles. The van der Waals surface area contributed by atoms with Crippen molar-refractivity contribution in [1.29, 1.82) is 0 Å². The molecule has 2 aromatic rings. The van der Waals surface area contributed by atoms with Crippen molar-refractivity contribution in [3.63, 3.8) is 0 Å². The van der Waals surface area contributed by atoms with E-state index in [1.165, 1.54) is 6.21 Å². The molecule has 0 bridgehead atoms. The van der Waals surface area contributed by atoms with Crippen molar-refractivity contribution in [3.8, 4) is 0 Å². The molecule has 2 rings (SSSR count). The molecule has 0 aliphatic heterocycles. The van der Waals surface area contributed by atoms with Crippen molar-refractivity contribution < 1.29 is 9.21 Å². The van der Waals surface area contributed by atoms with Gasteiger partial charge in [0.1, 0.15) is 5.76 Å². The molecule has 0 spiro atoms. The molecule has 98 valence electrons. The van der Waals surface area contributed by atoms with E-state index < -0.39 is 0 Å². The van der Waals surface area contributed by atoms with Crippen LogP contribution in [0.3, 0.4) is 0 Å². The molecule has 1 aromatic carbocycles. The number of benzene rings is 1. The van der Waals surface area contributed by atoms with E-state index in [1.807, 2.05) is 12.1 Å². The highest BCUT2D eigenvalue weighted by Crippen LogP contribution is 2.25. The third-order valence-corrected chi connectivity index (χ3v) is 4.49. The second-order valence-corrected chi connectivity index (χ2v) is 6.30. The summed E-state index contributed by atoms with van der Waals surface area (Å²) < 4.78 is 7.65. The normalized spacial score (nSPS) is 10.9. The fraction of sp³-hybridized carbons (Fsp3) is 0. The largest absolute Gasteiger partial charge is 0.447 e. The lowest BCUT2D eigenvalue weighted by Crippen LogP contribution is -2.17. The topological polar surface area (TPSA) is 54.6 Å². The van der Waals surface area contributed by atoms with E-state index in [0.717, 1.165) is 8.04 Å². The lowest BCUT2D eigenvalue weighted by molar-refractivity contribution is 0.0955. The van der Waals surface area contributed by atoms with Gasteiger partial charge in [0, 0.05) is 15.2 Å². The number of hydrazone groups is 1. The van der Waals surface area contributed by atoms with E-state index in [9.17, 15) is 4.79 Å². The predicted molar refractivity (Wildman–Crippen MR) is 88.3 cm³/mol. The van der Waals surface area contributed by atoms with Crippen LogP contribution < -0.4 is 5.43 Å². The highest BCUT2D eigenvalue weighted by atomic mass is 127. The number of hydrogen-bond acceptors (Lipinski definition) is 3. The summed E-state index contributed by atoms with van der Waals surface area (Å²) >= 11 is 8.66. The van der Waals surface area contributed by atoms with E-state index in [0.29, 0.717) is 16.0 Å². The standard InChI is InChI=1S/C12H7Br2IN2O2/c13-10-5-9(19-11(10)14)6-16-17-12(18)7-2-1-3-8(15)4-7/h1-6H,(H,17,18)/b16-6-. The molecule has 19 heavy (non-hydrogen) atoms. The van der Waals surface area contributed by atoms with Crippen molar-refractivity contribution >= 4 is 66.6 Å². The van der Waals surface area contributed by atoms with Crippen molar-refractivity contribution in [2.75, 3.05) is 0 Å². The number of nitrogens with one attached hydrogen (secondary N) is 1.